The van der Waals surface area contributed by atoms with Gasteiger partial charge < -0.3 is 9.80 Å². The van der Waals surface area contributed by atoms with Crippen LogP contribution in [-0.2, 0) is 21.3 Å². The van der Waals surface area contributed by atoms with Crippen molar-refractivity contribution in [1.82, 2.24) is 9.80 Å². The highest BCUT2D eigenvalue weighted by molar-refractivity contribution is 7.90. The highest BCUT2D eigenvalue weighted by atomic mass is 32.2. The van der Waals surface area contributed by atoms with Crippen molar-refractivity contribution in [3.63, 3.8) is 0 Å². The van der Waals surface area contributed by atoms with Gasteiger partial charge in [-0.15, -0.1) is 0 Å². The molecule has 1 fully saturated rings. The molecule has 0 spiro atoms. The van der Waals surface area contributed by atoms with Crippen molar-refractivity contribution in [2.24, 2.45) is 0 Å². The van der Waals surface area contributed by atoms with E-state index in [-0.39, 0.29) is 6.04 Å². The maximum Gasteiger partial charge on any atom is 0.298 e. The van der Waals surface area contributed by atoms with Crippen LogP contribution in [0.15, 0.2) is 64.2 Å². The standard InChI is InChI=1S/C23H28N2O4S/c1-2-3-13-24-14-12-18-20(16-24)25(15-11-17-7-5-4-6-8-17)19-9-10-21(30(27,28)29)23(26)22(18)19/h4-10,20H,2-3,11-16H2,1H3,(H,27,28,29). The zero-order valence-corrected chi connectivity index (χ0v) is 18.1. The van der Waals surface area contributed by atoms with Gasteiger partial charge in [0.2, 0.25) is 5.78 Å². The summed E-state index contributed by atoms with van der Waals surface area (Å²) in [5, 5.41) is 0. The SMILES string of the molecule is CCCCN1CCC2=C3C(=O)C(S(=O)(=O)O)=CC=C3N(CCc3ccccc3)C2C1. The Morgan fingerprint density at radius 1 is 1.13 bits per heavy atom. The van der Waals surface area contributed by atoms with Crippen LogP contribution in [0, 0.1) is 0 Å². The third kappa shape index (κ3) is 4.02. The average Bonchev–Trinajstić information content (AvgIpc) is 3.04. The Kier molecular flexibility index (Phi) is 5.95. The molecule has 3 aliphatic rings. The minimum Gasteiger partial charge on any atom is -0.363 e. The Bertz CT molecular complexity index is 1020. The molecule has 0 radical (unpaired) electrons. The number of ketones is 1. The average molecular weight is 429 g/mol. The van der Waals surface area contributed by atoms with E-state index < -0.39 is 20.8 Å². The van der Waals surface area contributed by atoms with E-state index in [1.54, 1.807) is 6.08 Å². The van der Waals surface area contributed by atoms with Crippen LogP contribution in [0.4, 0.5) is 0 Å². The molecular formula is C23H28N2O4S. The first-order valence-electron chi connectivity index (χ1n) is 10.6. The third-order valence-corrected chi connectivity index (χ3v) is 7.10. The normalized spacial score (nSPS) is 22.0. The number of hydrogen-bond donors (Lipinski definition) is 1. The van der Waals surface area contributed by atoms with Crippen molar-refractivity contribution in [3.05, 3.63) is 69.8 Å². The zero-order chi connectivity index (χ0) is 21.3. The quantitative estimate of drug-likeness (QED) is 0.673. The number of carbonyl (C=O) groups is 1. The summed E-state index contributed by atoms with van der Waals surface area (Å²) < 4.78 is 32.9. The fraction of sp³-hybridized carbons (Fsp3) is 0.435. The summed E-state index contributed by atoms with van der Waals surface area (Å²) in [4.78, 5) is 17.2. The van der Waals surface area contributed by atoms with Crippen LogP contribution in [-0.4, -0.2) is 60.8 Å². The van der Waals surface area contributed by atoms with Gasteiger partial charge in [-0.2, -0.15) is 8.42 Å². The Morgan fingerprint density at radius 2 is 1.90 bits per heavy atom. The number of hydrogen-bond acceptors (Lipinski definition) is 5. The number of carbonyl (C=O) groups excluding carboxylic acids is 1. The van der Waals surface area contributed by atoms with E-state index >= 15 is 0 Å². The van der Waals surface area contributed by atoms with Gasteiger partial charge in [0.1, 0.15) is 4.91 Å². The smallest absolute Gasteiger partial charge is 0.298 e. The van der Waals surface area contributed by atoms with Gasteiger partial charge in [0.05, 0.1) is 6.04 Å². The van der Waals surface area contributed by atoms with Gasteiger partial charge in [-0.3, -0.25) is 9.35 Å². The first-order chi connectivity index (χ1) is 14.4. The number of allylic oxidation sites excluding steroid dienone is 4. The van der Waals surface area contributed by atoms with Crippen molar-refractivity contribution in [3.8, 4) is 0 Å². The van der Waals surface area contributed by atoms with Gasteiger partial charge in [0.25, 0.3) is 10.1 Å². The lowest BCUT2D eigenvalue weighted by Gasteiger charge is -2.38. The van der Waals surface area contributed by atoms with Gasteiger partial charge in [0.15, 0.2) is 0 Å². The molecular weight excluding hydrogens is 400 g/mol. The summed E-state index contributed by atoms with van der Waals surface area (Å²) in [6, 6.07) is 10.3. The number of unbranched alkanes of at least 4 members (excludes halogenated alkanes) is 1. The van der Waals surface area contributed by atoms with E-state index in [1.165, 1.54) is 11.6 Å². The van der Waals surface area contributed by atoms with Crippen LogP contribution in [0.2, 0.25) is 0 Å². The fourth-order valence-corrected chi connectivity index (χ4v) is 5.28. The minimum atomic E-state index is -4.54. The molecule has 1 aliphatic carbocycles. The molecule has 1 N–H and O–H groups in total. The van der Waals surface area contributed by atoms with Gasteiger partial charge in [-0.1, -0.05) is 43.7 Å². The minimum absolute atomic E-state index is 0.0682. The molecule has 0 saturated carbocycles. The Labute approximate surface area is 178 Å². The molecule has 6 nitrogen and oxygen atoms in total. The highest BCUT2D eigenvalue weighted by Gasteiger charge is 2.44. The van der Waals surface area contributed by atoms with Crippen molar-refractivity contribution in [1.29, 1.82) is 0 Å². The van der Waals surface area contributed by atoms with Gasteiger partial charge >= 0.3 is 0 Å². The molecule has 1 aromatic rings. The van der Waals surface area contributed by atoms with E-state index in [9.17, 15) is 17.8 Å². The Balaban J connectivity index is 1.66. The van der Waals surface area contributed by atoms with E-state index in [1.807, 2.05) is 18.2 Å². The van der Waals surface area contributed by atoms with E-state index in [0.29, 0.717) is 5.57 Å². The number of piperidine rings is 1. The lowest BCUT2D eigenvalue weighted by atomic mass is 9.92. The summed E-state index contributed by atoms with van der Waals surface area (Å²) in [5.41, 5.74) is 3.52. The lowest BCUT2D eigenvalue weighted by molar-refractivity contribution is -0.111. The van der Waals surface area contributed by atoms with Crippen LogP contribution >= 0.6 is 0 Å². The van der Waals surface area contributed by atoms with E-state index in [2.05, 4.69) is 28.9 Å². The molecule has 0 bridgehead atoms. The molecule has 1 aromatic carbocycles. The molecule has 1 saturated heterocycles. The molecule has 0 aromatic heterocycles. The summed E-state index contributed by atoms with van der Waals surface area (Å²) in [6.07, 6.45) is 6.79. The number of likely N-dealkylation sites (tertiary alicyclic amines) is 1. The lowest BCUT2D eigenvalue weighted by Crippen LogP contribution is -2.46. The second-order valence-electron chi connectivity index (χ2n) is 8.14. The van der Waals surface area contributed by atoms with Crippen molar-refractivity contribution < 1.29 is 17.8 Å². The summed E-state index contributed by atoms with van der Waals surface area (Å²) in [5.74, 6) is -0.570. The molecule has 2 aliphatic heterocycles. The number of fused-ring (bicyclic) bond motifs is 2. The second-order valence-corrected chi connectivity index (χ2v) is 9.53. The largest absolute Gasteiger partial charge is 0.363 e. The maximum atomic E-state index is 13.0. The number of rotatable bonds is 7. The van der Waals surface area contributed by atoms with E-state index in [0.717, 1.165) is 63.1 Å². The van der Waals surface area contributed by atoms with Crippen molar-refractivity contribution in [2.45, 2.75) is 38.6 Å². The van der Waals surface area contributed by atoms with Crippen molar-refractivity contribution in [2.75, 3.05) is 26.2 Å². The Hall–Kier alpha value is -2.22. The van der Waals surface area contributed by atoms with Gasteiger partial charge in [0, 0.05) is 30.9 Å². The van der Waals surface area contributed by atoms with Gasteiger partial charge in [-0.05, 0) is 49.1 Å². The number of nitrogens with zero attached hydrogens (tertiary/aromatic N) is 2. The molecule has 7 heteroatoms. The first kappa shape index (κ1) is 21.0. The van der Waals surface area contributed by atoms with Crippen LogP contribution < -0.4 is 0 Å². The van der Waals surface area contributed by atoms with Crippen molar-refractivity contribution >= 4 is 15.9 Å². The van der Waals surface area contributed by atoms with Crippen LogP contribution in [0.3, 0.4) is 0 Å². The topological polar surface area (TPSA) is 77.9 Å². The molecule has 1 unspecified atom stereocenters. The molecule has 1 atom stereocenters. The monoisotopic (exact) mass is 428 g/mol. The van der Waals surface area contributed by atoms with E-state index in [4.69, 9.17) is 0 Å². The van der Waals surface area contributed by atoms with Gasteiger partial charge in [-0.25, -0.2) is 0 Å². The molecule has 0 amide bonds. The predicted octanol–water partition coefficient (Wildman–Crippen LogP) is 2.95. The molecule has 2 heterocycles. The van der Waals surface area contributed by atoms with Crippen LogP contribution in [0.5, 0.6) is 0 Å². The first-order valence-corrected chi connectivity index (χ1v) is 12.0. The highest BCUT2D eigenvalue weighted by Crippen LogP contribution is 2.42. The number of Topliss-reactive ketones (excluding diaryl/α,β-unsaturated/α-hetero) is 1. The van der Waals surface area contributed by atoms with Crippen LogP contribution in [0.1, 0.15) is 31.7 Å². The maximum absolute atomic E-state index is 13.0. The molecule has 160 valence electrons. The predicted molar refractivity (Wildman–Crippen MR) is 116 cm³/mol. The summed E-state index contributed by atoms with van der Waals surface area (Å²) >= 11 is 0. The fourth-order valence-electron chi connectivity index (χ4n) is 4.70. The third-order valence-electron chi connectivity index (χ3n) is 6.23. The second kappa shape index (κ2) is 8.49. The summed E-state index contributed by atoms with van der Waals surface area (Å²) in [6.45, 7) is 5.66. The van der Waals surface area contributed by atoms with Crippen LogP contribution in [0.25, 0.3) is 0 Å². The number of benzene rings is 1. The Morgan fingerprint density at radius 3 is 2.60 bits per heavy atom. The zero-order valence-electron chi connectivity index (χ0n) is 17.3. The molecule has 30 heavy (non-hydrogen) atoms. The molecule has 4 rings (SSSR count). The summed E-state index contributed by atoms with van der Waals surface area (Å²) in [7, 11) is -4.54.